The van der Waals surface area contributed by atoms with Crippen LogP contribution in [0.2, 0.25) is 0 Å². The summed E-state index contributed by atoms with van der Waals surface area (Å²) in [6.07, 6.45) is 6.34. The van der Waals surface area contributed by atoms with Crippen LogP contribution in [0.4, 0.5) is 5.69 Å². The lowest BCUT2D eigenvalue weighted by atomic mass is 9.81. The molecule has 2 aliphatic rings. The van der Waals surface area contributed by atoms with E-state index in [2.05, 4.69) is 11.4 Å². The van der Waals surface area contributed by atoms with Gasteiger partial charge in [0.1, 0.15) is 5.54 Å². The second-order valence-electron chi connectivity index (χ2n) is 8.53. The Bertz CT molecular complexity index is 798. The van der Waals surface area contributed by atoms with Crippen LogP contribution in [-0.4, -0.2) is 65.5 Å². The number of carbonyl (C=O) groups is 2. The average Bonchev–Trinajstić information content (AvgIpc) is 2.82. The number of amides is 2. The molecule has 3 rings (SSSR count). The zero-order chi connectivity index (χ0) is 21.6. The Morgan fingerprint density at radius 2 is 2.07 bits per heavy atom. The van der Waals surface area contributed by atoms with E-state index in [1.54, 1.807) is 35.0 Å². The first-order valence-electron chi connectivity index (χ1n) is 10.9. The molecule has 0 radical (unpaired) electrons. The van der Waals surface area contributed by atoms with Gasteiger partial charge in [0.25, 0.3) is 5.91 Å². The Labute approximate surface area is 178 Å². The fraction of sp³-hybridized carbons (Fsp3) is 0.609. The number of aliphatic hydroxyl groups is 1. The van der Waals surface area contributed by atoms with Gasteiger partial charge in [-0.15, -0.1) is 0 Å². The van der Waals surface area contributed by atoms with Gasteiger partial charge in [-0.3, -0.25) is 9.59 Å². The van der Waals surface area contributed by atoms with Crippen molar-refractivity contribution < 1.29 is 14.7 Å². The minimum Gasteiger partial charge on any atom is -0.396 e. The first-order valence-corrected chi connectivity index (χ1v) is 10.9. The monoisotopic (exact) mass is 412 g/mol. The highest BCUT2D eigenvalue weighted by atomic mass is 16.3. The Morgan fingerprint density at radius 3 is 2.77 bits per heavy atom. The third kappa shape index (κ3) is 4.93. The van der Waals surface area contributed by atoms with Crippen molar-refractivity contribution in [3.8, 4) is 6.07 Å². The van der Waals surface area contributed by atoms with E-state index in [9.17, 15) is 20.0 Å². The maximum absolute atomic E-state index is 12.9. The lowest BCUT2D eigenvalue weighted by molar-refractivity contribution is -0.132. The fourth-order valence-corrected chi connectivity index (χ4v) is 4.54. The number of piperidine rings is 1. The third-order valence-electron chi connectivity index (χ3n) is 6.52. The molecule has 0 spiro atoms. The summed E-state index contributed by atoms with van der Waals surface area (Å²) in [7, 11) is 1.71. The van der Waals surface area contributed by atoms with Crippen LogP contribution in [0.3, 0.4) is 0 Å². The van der Waals surface area contributed by atoms with Gasteiger partial charge in [-0.05, 0) is 49.8 Å². The van der Waals surface area contributed by atoms with Crippen LogP contribution in [0.15, 0.2) is 24.3 Å². The van der Waals surface area contributed by atoms with Crippen molar-refractivity contribution in [1.82, 2.24) is 9.80 Å². The molecule has 2 amide bonds. The summed E-state index contributed by atoms with van der Waals surface area (Å²) in [5.74, 6) is -0.0349. The van der Waals surface area contributed by atoms with Gasteiger partial charge in [0.2, 0.25) is 5.91 Å². The van der Waals surface area contributed by atoms with Crippen LogP contribution in [0.25, 0.3) is 0 Å². The smallest absolute Gasteiger partial charge is 0.253 e. The number of benzene rings is 1. The van der Waals surface area contributed by atoms with E-state index in [4.69, 9.17) is 0 Å². The van der Waals surface area contributed by atoms with Gasteiger partial charge in [-0.1, -0.05) is 25.3 Å². The Morgan fingerprint density at radius 1 is 1.30 bits per heavy atom. The van der Waals surface area contributed by atoms with Gasteiger partial charge < -0.3 is 20.2 Å². The highest BCUT2D eigenvalue weighted by Crippen LogP contribution is 2.32. The quantitative estimate of drug-likeness (QED) is 0.749. The molecule has 1 aliphatic carbocycles. The van der Waals surface area contributed by atoms with Gasteiger partial charge in [-0.2, -0.15) is 5.26 Å². The van der Waals surface area contributed by atoms with Crippen LogP contribution in [0.5, 0.6) is 0 Å². The van der Waals surface area contributed by atoms with E-state index >= 15 is 0 Å². The van der Waals surface area contributed by atoms with E-state index < -0.39 is 5.54 Å². The first-order chi connectivity index (χ1) is 14.5. The lowest BCUT2D eigenvalue weighted by Crippen LogP contribution is -2.51. The van der Waals surface area contributed by atoms with Gasteiger partial charge in [0.15, 0.2) is 0 Å². The zero-order valence-corrected chi connectivity index (χ0v) is 17.8. The number of likely N-dealkylation sites (tertiary alicyclic amines) is 1. The molecule has 7 nitrogen and oxygen atoms in total. The predicted molar refractivity (Wildman–Crippen MR) is 115 cm³/mol. The molecule has 2 fully saturated rings. The maximum Gasteiger partial charge on any atom is 0.253 e. The molecular weight excluding hydrogens is 380 g/mol. The summed E-state index contributed by atoms with van der Waals surface area (Å²) >= 11 is 0. The second kappa shape index (κ2) is 9.94. The first kappa shape index (κ1) is 22.1. The van der Waals surface area contributed by atoms with E-state index in [0.717, 1.165) is 44.9 Å². The predicted octanol–water partition coefficient (Wildman–Crippen LogP) is 2.63. The minimum absolute atomic E-state index is 0.0501. The molecule has 30 heavy (non-hydrogen) atoms. The van der Waals surface area contributed by atoms with Crippen molar-refractivity contribution in [2.24, 2.45) is 5.92 Å². The number of likely N-dealkylation sites (N-methyl/N-ethyl adjacent to an activating group) is 1. The van der Waals surface area contributed by atoms with Crippen LogP contribution in [0.1, 0.15) is 55.3 Å². The number of rotatable bonds is 6. The fourth-order valence-electron chi connectivity index (χ4n) is 4.54. The number of hydrogen-bond acceptors (Lipinski definition) is 5. The molecule has 1 aliphatic heterocycles. The standard InChI is InChI=1S/C23H32N4O3/c1-26(23(17-24)10-3-2-4-11-23)21(29)14-25-20-9-5-8-19(13-20)22(30)27-12-6-7-18(15-27)16-28/h5,8-9,13,18,25,28H,2-4,6-7,10-12,14-16H2,1H3. The molecule has 1 saturated carbocycles. The van der Waals surface area contributed by atoms with Crippen LogP contribution in [0, 0.1) is 17.2 Å². The molecule has 1 atom stereocenters. The van der Waals surface area contributed by atoms with Gasteiger partial charge in [-0.25, -0.2) is 0 Å². The van der Waals surface area contributed by atoms with E-state index in [-0.39, 0.29) is 30.9 Å². The number of nitriles is 1. The molecule has 2 N–H and O–H groups in total. The van der Waals surface area contributed by atoms with Crippen LogP contribution in [-0.2, 0) is 4.79 Å². The summed E-state index contributed by atoms with van der Waals surface area (Å²) in [6, 6.07) is 9.54. The van der Waals surface area contributed by atoms with Gasteiger partial charge in [0, 0.05) is 38.0 Å². The molecule has 1 saturated heterocycles. The van der Waals surface area contributed by atoms with Crippen molar-refractivity contribution in [2.75, 3.05) is 38.6 Å². The summed E-state index contributed by atoms with van der Waals surface area (Å²) in [5.41, 5.74) is 0.569. The van der Waals surface area contributed by atoms with Crippen LogP contribution < -0.4 is 5.32 Å². The molecular formula is C23H32N4O3. The minimum atomic E-state index is -0.702. The largest absolute Gasteiger partial charge is 0.396 e. The van der Waals surface area contributed by atoms with Crippen molar-refractivity contribution in [3.05, 3.63) is 29.8 Å². The topological polar surface area (TPSA) is 96.7 Å². The molecule has 1 unspecified atom stereocenters. The maximum atomic E-state index is 12.9. The van der Waals surface area contributed by atoms with Crippen molar-refractivity contribution in [2.45, 2.75) is 50.5 Å². The normalized spacial score (nSPS) is 20.8. The Balaban J connectivity index is 1.60. The summed E-state index contributed by atoms with van der Waals surface area (Å²) in [4.78, 5) is 29.0. The SMILES string of the molecule is CN(C(=O)CNc1cccc(C(=O)N2CCCC(CO)C2)c1)C1(C#N)CCCCC1. The Kier molecular flexibility index (Phi) is 7.33. The number of anilines is 1. The number of nitrogens with zero attached hydrogens (tertiary/aromatic N) is 3. The number of carbonyl (C=O) groups excluding carboxylic acids is 2. The Hall–Kier alpha value is -2.59. The highest BCUT2D eigenvalue weighted by Gasteiger charge is 2.38. The molecule has 1 aromatic rings. The van der Waals surface area contributed by atoms with E-state index in [1.807, 2.05) is 6.07 Å². The molecule has 1 heterocycles. The average molecular weight is 413 g/mol. The molecule has 162 valence electrons. The van der Waals surface area contributed by atoms with Crippen molar-refractivity contribution in [1.29, 1.82) is 5.26 Å². The number of nitrogens with one attached hydrogen (secondary N) is 1. The lowest BCUT2D eigenvalue weighted by Gasteiger charge is -2.39. The summed E-state index contributed by atoms with van der Waals surface area (Å²) in [5, 5.41) is 22.2. The number of aliphatic hydroxyl groups excluding tert-OH is 1. The second-order valence-corrected chi connectivity index (χ2v) is 8.53. The molecule has 0 bridgehead atoms. The summed E-state index contributed by atoms with van der Waals surface area (Å²) in [6.45, 7) is 1.46. The molecule has 0 aromatic heterocycles. The van der Waals surface area contributed by atoms with Crippen LogP contribution >= 0.6 is 0 Å². The molecule has 7 heteroatoms. The van der Waals surface area contributed by atoms with Crippen molar-refractivity contribution >= 4 is 17.5 Å². The number of hydrogen-bond donors (Lipinski definition) is 2. The zero-order valence-electron chi connectivity index (χ0n) is 17.8. The highest BCUT2D eigenvalue weighted by molar-refractivity contribution is 5.95. The summed E-state index contributed by atoms with van der Waals surface area (Å²) < 4.78 is 0. The van der Waals surface area contributed by atoms with E-state index in [1.165, 1.54) is 0 Å². The van der Waals surface area contributed by atoms with Gasteiger partial charge >= 0.3 is 0 Å². The van der Waals surface area contributed by atoms with E-state index in [0.29, 0.717) is 24.3 Å². The molecule has 1 aromatic carbocycles. The van der Waals surface area contributed by atoms with Crippen molar-refractivity contribution in [3.63, 3.8) is 0 Å². The third-order valence-corrected chi connectivity index (χ3v) is 6.52. The van der Waals surface area contributed by atoms with Gasteiger partial charge in [0.05, 0.1) is 12.6 Å².